The zero-order valence-corrected chi connectivity index (χ0v) is 16.9. The number of amides is 1. The molecule has 148 valence electrons. The van der Waals surface area contributed by atoms with Gasteiger partial charge in [0.1, 0.15) is 0 Å². The molecule has 0 radical (unpaired) electrons. The highest BCUT2D eigenvalue weighted by molar-refractivity contribution is 7.80. The molecule has 4 rings (SSSR count). The molecule has 2 unspecified atom stereocenters. The fourth-order valence-corrected chi connectivity index (χ4v) is 3.98. The van der Waals surface area contributed by atoms with E-state index in [0.29, 0.717) is 18.1 Å². The largest absolute Gasteiger partial charge is 0.361 e. The van der Waals surface area contributed by atoms with Crippen LogP contribution in [0.2, 0.25) is 0 Å². The SMILES string of the molecule is Cc1ccc(C2C(c3ccccn3)NC(=S)N2CCC(=O)Nc2ccccc2)[nH]1. The van der Waals surface area contributed by atoms with Crippen molar-refractivity contribution in [1.82, 2.24) is 20.2 Å². The van der Waals surface area contributed by atoms with Crippen molar-refractivity contribution in [3.05, 3.63) is 83.9 Å². The van der Waals surface area contributed by atoms with Gasteiger partial charge >= 0.3 is 0 Å². The number of carbonyl (C=O) groups is 1. The average molecular weight is 406 g/mol. The molecular formula is C22H23N5OS. The number of para-hydroxylation sites is 1. The monoisotopic (exact) mass is 405 g/mol. The van der Waals surface area contributed by atoms with Crippen molar-refractivity contribution in [1.29, 1.82) is 0 Å². The van der Waals surface area contributed by atoms with Gasteiger partial charge in [0.2, 0.25) is 5.91 Å². The minimum absolute atomic E-state index is 0.0401. The van der Waals surface area contributed by atoms with E-state index in [1.807, 2.05) is 61.5 Å². The van der Waals surface area contributed by atoms with Crippen molar-refractivity contribution in [3.8, 4) is 0 Å². The van der Waals surface area contributed by atoms with Crippen molar-refractivity contribution in [2.75, 3.05) is 11.9 Å². The van der Waals surface area contributed by atoms with Gasteiger partial charge in [-0.15, -0.1) is 0 Å². The van der Waals surface area contributed by atoms with Gasteiger partial charge < -0.3 is 20.5 Å². The van der Waals surface area contributed by atoms with E-state index in [1.54, 1.807) is 6.20 Å². The maximum absolute atomic E-state index is 12.5. The van der Waals surface area contributed by atoms with Crippen LogP contribution in [0, 0.1) is 6.92 Å². The van der Waals surface area contributed by atoms with Gasteiger partial charge in [0.15, 0.2) is 5.11 Å². The number of thiocarbonyl (C=S) groups is 1. The van der Waals surface area contributed by atoms with Crippen molar-refractivity contribution < 1.29 is 4.79 Å². The summed E-state index contributed by atoms with van der Waals surface area (Å²) in [5.74, 6) is -0.0401. The Labute approximate surface area is 175 Å². The maximum Gasteiger partial charge on any atom is 0.226 e. The number of benzene rings is 1. The molecule has 3 aromatic rings. The summed E-state index contributed by atoms with van der Waals surface area (Å²) in [5, 5.41) is 6.96. The van der Waals surface area contributed by atoms with Gasteiger partial charge in [0.25, 0.3) is 0 Å². The Morgan fingerprint density at radius 2 is 1.93 bits per heavy atom. The van der Waals surface area contributed by atoms with Crippen molar-refractivity contribution in [3.63, 3.8) is 0 Å². The van der Waals surface area contributed by atoms with Crippen LogP contribution in [0.1, 0.15) is 35.6 Å². The number of aryl methyl sites for hydroxylation is 1. The highest BCUT2D eigenvalue weighted by Gasteiger charge is 2.40. The zero-order chi connectivity index (χ0) is 20.2. The fourth-order valence-electron chi connectivity index (χ4n) is 3.65. The number of H-pyrrole nitrogens is 1. The van der Waals surface area contributed by atoms with E-state index < -0.39 is 0 Å². The van der Waals surface area contributed by atoms with Crippen LogP contribution in [-0.4, -0.2) is 32.4 Å². The third-order valence-electron chi connectivity index (χ3n) is 5.01. The van der Waals surface area contributed by atoms with Gasteiger partial charge in [-0.2, -0.15) is 0 Å². The lowest BCUT2D eigenvalue weighted by molar-refractivity contribution is -0.116. The van der Waals surface area contributed by atoms with E-state index in [0.717, 1.165) is 22.8 Å². The Morgan fingerprint density at radius 3 is 2.62 bits per heavy atom. The Morgan fingerprint density at radius 1 is 1.14 bits per heavy atom. The number of carbonyl (C=O) groups excluding carboxylic acids is 1. The summed E-state index contributed by atoms with van der Waals surface area (Å²) in [6.45, 7) is 2.54. The lowest BCUT2D eigenvalue weighted by atomic mass is 10.0. The Kier molecular flexibility index (Phi) is 5.57. The molecule has 1 aromatic carbocycles. The number of rotatable bonds is 6. The van der Waals surface area contributed by atoms with Crippen LogP contribution in [-0.2, 0) is 4.79 Å². The molecule has 29 heavy (non-hydrogen) atoms. The quantitative estimate of drug-likeness (QED) is 0.545. The topological polar surface area (TPSA) is 73.1 Å². The molecule has 1 amide bonds. The minimum Gasteiger partial charge on any atom is -0.361 e. The van der Waals surface area contributed by atoms with E-state index in [-0.39, 0.29) is 18.0 Å². The summed E-state index contributed by atoms with van der Waals surface area (Å²) < 4.78 is 0. The normalized spacial score (nSPS) is 18.5. The summed E-state index contributed by atoms with van der Waals surface area (Å²) in [6.07, 6.45) is 2.12. The van der Waals surface area contributed by atoms with Crippen LogP contribution in [0.5, 0.6) is 0 Å². The lowest BCUT2D eigenvalue weighted by Crippen LogP contribution is -2.32. The average Bonchev–Trinajstić information content (AvgIpc) is 3.30. The summed E-state index contributed by atoms with van der Waals surface area (Å²) in [4.78, 5) is 22.5. The summed E-state index contributed by atoms with van der Waals surface area (Å²) in [6, 6.07) is 19.3. The minimum atomic E-state index is -0.0843. The van der Waals surface area contributed by atoms with Crippen LogP contribution in [0.15, 0.2) is 66.9 Å². The number of aromatic nitrogens is 2. The van der Waals surface area contributed by atoms with Crippen LogP contribution in [0.4, 0.5) is 5.69 Å². The Balaban J connectivity index is 1.52. The first-order chi connectivity index (χ1) is 14.1. The molecule has 1 saturated heterocycles. The molecular weight excluding hydrogens is 382 g/mol. The van der Waals surface area contributed by atoms with Crippen LogP contribution >= 0.6 is 12.2 Å². The molecule has 1 aliphatic rings. The van der Waals surface area contributed by atoms with Crippen LogP contribution in [0.3, 0.4) is 0 Å². The standard InChI is InChI=1S/C22H23N5OS/c1-15-10-11-18(24-15)21-20(17-9-5-6-13-23-17)26-22(29)27(21)14-12-19(28)25-16-7-3-2-4-8-16/h2-11,13,20-21,24H,12,14H2,1H3,(H,25,28)(H,26,29). The molecule has 1 fully saturated rings. The molecule has 3 heterocycles. The van der Waals surface area contributed by atoms with Crippen molar-refractivity contribution >= 4 is 28.9 Å². The molecule has 0 spiro atoms. The summed E-state index contributed by atoms with van der Waals surface area (Å²) in [7, 11) is 0. The van der Waals surface area contributed by atoms with Gasteiger partial charge in [-0.05, 0) is 55.5 Å². The third-order valence-corrected chi connectivity index (χ3v) is 5.36. The van der Waals surface area contributed by atoms with Crippen LogP contribution in [0.25, 0.3) is 0 Å². The Bertz CT molecular complexity index is 989. The first kappa shape index (κ1) is 19.1. The predicted molar refractivity (Wildman–Crippen MR) is 117 cm³/mol. The second-order valence-electron chi connectivity index (χ2n) is 7.08. The second kappa shape index (κ2) is 8.45. The zero-order valence-electron chi connectivity index (χ0n) is 16.1. The van der Waals surface area contributed by atoms with E-state index in [2.05, 4.69) is 31.6 Å². The predicted octanol–water partition coefficient (Wildman–Crippen LogP) is 3.72. The fraction of sp³-hybridized carbons (Fsp3) is 0.227. The highest BCUT2D eigenvalue weighted by Crippen LogP contribution is 2.38. The van der Waals surface area contributed by atoms with E-state index in [9.17, 15) is 4.79 Å². The van der Waals surface area contributed by atoms with E-state index >= 15 is 0 Å². The maximum atomic E-state index is 12.5. The second-order valence-corrected chi connectivity index (χ2v) is 7.47. The molecule has 2 atom stereocenters. The van der Waals surface area contributed by atoms with E-state index in [1.165, 1.54) is 0 Å². The molecule has 0 bridgehead atoms. The number of nitrogens with zero attached hydrogens (tertiary/aromatic N) is 2. The lowest BCUT2D eigenvalue weighted by Gasteiger charge is -2.26. The van der Waals surface area contributed by atoms with E-state index in [4.69, 9.17) is 12.2 Å². The molecule has 2 aromatic heterocycles. The summed E-state index contributed by atoms with van der Waals surface area (Å²) >= 11 is 5.62. The number of hydrogen-bond acceptors (Lipinski definition) is 3. The number of hydrogen-bond donors (Lipinski definition) is 3. The van der Waals surface area contributed by atoms with Crippen molar-refractivity contribution in [2.24, 2.45) is 0 Å². The van der Waals surface area contributed by atoms with Gasteiger partial charge in [-0.3, -0.25) is 9.78 Å². The molecule has 0 aliphatic carbocycles. The first-order valence-corrected chi connectivity index (χ1v) is 10.0. The Hall–Kier alpha value is -3.19. The van der Waals surface area contributed by atoms with Gasteiger partial charge in [0.05, 0.1) is 17.8 Å². The third kappa shape index (κ3) is 4.30. The molecule has 1 aliphatic heterocycles. The first-order valence-electron chi connectivity index (χ1n) is 9.60. The van der Waals surface area contributed by atoms with Crippen LogP contribution < -0.4 is 10.6 Å². The van der Waals surface area contributed by atoms with Gasteiger partial charge in [0, 0.05) is 36.2 Å². The molecule has 3 N–H and O–H groups in total. The number of nitrogens with one attached hydrogen (secondary N) is 3. The smallest absolute Gasteiger partial charge is 0.226 e. The summed E-state index contributed by atoms with van der Waals surface area (Å²) in [5.41, 5.74) is 3.85. The molecule has 6 nitrogen and oxygen atoms in total. The molecule has 7 heteroatoms. The highest BCUT2D eigenvalue weighted by atomic mass is 32.1. The van der Waals surface area contributed by atoms with Crippen molar-refractivity contribution in [2.45, 2.75) is 25.4 Å². The number of aromatic amines is 1. The number of pyridine rings is 1. The molecule has 0 saturated carbocycles. The van der Waals surface area contributed by atoms with Gasteiger partial charge in [-0.1, -0.05) is 24.3 Å². The number of anilines is 1. The van der Waals surface area contributed by atoms with Gasteiger partial charge in [-0.25, -0.2) is 0 Å².